The number of aromatic nitrogens is 1. The summed E-state index contributed by atoms with van der Waals surface area (Å²) in [7, 11) is 0. The molecule has 5 nitrogen and oxygen atoms in total. The summed E-state index contributed by atoms with van der Waals surface area (Å²) < 4.78 is 37.5. The number of hydrogen-bond donors (Lipinski definition) is 3. The van der Waals surface area contributed by atoms with Gasteiger partial charge in [-0.3, -0.25) is 0 Å². The van der Waals surface area contributed by atoms with E-state index in [0.717, 1.165) is 5.56 Å². The maximum atomic E-state index is 12.5. The van der Waals surface area contributed by atoms with E-state index in [4.69, 9.17) is 5.11 Å². The van der Waals surface area contributed by atoms with E-state index in [-0.39, 0.29) is 23.8 Å². The van der Waals surface area contributed by atoms with Crippen molar-refractivity contribution < 1.29 is 28.2 Å². The molecule has 2 rings (SSSR count). The highest BCUT2D eigenvalue weighted by molar-refractivity contribution is 7.09. The molecule has 0 saturated carbocycles. The van der Waals surface area contributed by atoms with E-state index >= 15 is 0 Å². The molecule has 9 heteroatoms. The first kappa shape index (κ1) is 19.4. The molecule has 0 amide bonds. The largest absolute Gasteiger partial charge is 0.478 e. The van der Waals surface area contributed by atoms with Crippen LogP contribution in [-0.4, -0.2) is 33.8 Å². The number of nitrogens with zero attached hydrogens (tertiary/aromatic N) is 1. The third kappa shape index (κ3) is 5.52. The molecule has 0 saturated heterocycles. The van der Waals surface area contributed by atoms with Gasteiger partial charge in [0, 0.05) is 18.0 Å². The number of aliphatic hydroxyl groups is 1. The van der Waals surface area contributed by atoms with E-state index < -0.39 is 23.3 Å². The molecule has 0 spiro atoms. The molecule has 136 valence electrons. The molecule has 2 unspecified atom stereocenters. The number of aromatic carboxylic acids is 1. The van der Waals surface area contributed by atoms with Crippen LogP contribution in [0.25, 0.3) is 0 Å². The van der Waals surface area contributed by atoms with Crippen LogP contribution in [0.2, 0.25) is 0 Å². The number of nitrogens with one attached hydrogen (secondary N) is 1. The molecular formula is C16H17F3N2O3S. The van der Waals surface area contributed by atoms with Crippen molar-refractivity contribution in [1.82, 2.24) is 10.3 Å². The van der Waals surface area contributed by atoms with Crippen molar-refractivity contribution in [3.8, 4) is 0 Å². The lowest BCUT2D eigenvalue weighted by Gasteiger charge is -2.16. The summed E-state index contributed by atoms with van der Waals surface area (Å²) in [5, 5.41) is 22.1. The second-order valence-electron chi connectivity index (χ2n) is 5.61. The van der Waals surface area contributed by atoms with Crippen LogP contribution in [0.1, 0.15) is 39.7 Å². The van der Waals surface area contributed by atoms with Crippen molar-refractivity contribution in [1.29, 1.82) is 0 Å². The molecule has 0 radical (unpaired) electrons. The van der Waals surface area contributed by atoms with Crippen LogP contribution in [0.5, 0.6) is 0 Å². The molecule has 1 aromatic carbocycles. The fourth-order valence-corrected chi connectivity index (χ4v) is 2.93. The van der Waals surface area contributed by atoms with Crippen LogP contribution in [0.4, 0.5) is 13.2 Å². The van der Waals surface area contributed by atoms with Gasteiger partial charge in [0.05, 0.1) is 11.3 Å². The van der Waals surface area contributed by atoms with E-state index in [9.17, 15) is 23.1 Å². The number of hydrogen-bond acceptors (Lipinski definition) is 5. The molecular weight excluding hydrogens is 357 g/mol. The number of carboxylic acids is 1. The zero-order chi connectivity index (χ0) is 18.6. The van der Waals surface area contributed by atoms with Gasteiger partial charge in [-0.1, -0.05) is 12.1 Å². The predicted octanol–water partition coefficient (Wildman–Crippen LogP) is 3.11. The smallest absolute Gasteiger partial charge is 0.443 e. The molecule has 0 aliphatic heterocycles. The van der Waals surface area contributed by atoms with E-state index in [1.165, 1.54) is 17.5 Å². The minimum atomic E-state index is -4.51. The predicted molar refractivity (Wildman–Crippen MR) is 86.6 cm³/mol. The van der Waals surface area contributed by atoms with Gasteiger partial charge < -0.3 is 15.5 Å². The molecule has 0 bridgehead atoms. The first-order chi connectivity index (χ1) is 11.7. The Labute approximate surface area is 146 Å². The second-order valence-corrected chi connectivity index (χ2v) is 6.46. The second kappa shape index (κ2) is 7.94. The van der Waals surface area contributed by atoms with Crippen molar-refractivity contribution in [3.63, 3.8) is 0 Å². The summed E-state index contributed by atoms with van der Waals surface area (Å²) in [4.78, 5) is 14.2. The van der Waals surface area contributed by atoms with Gasteiger partial charge in [0.2, 0.25) is 0 Å². The van der Waals surface area contributed by atoms with Gasteiger partial charge in [-0.05, 0) is 31.0 Å². The quantitative estimate of drug-likeness (QED) is 0.694. The number of halogens is 3. The molecule has 0 aliphatic rings. The van der Waals surface area contributed by atoms with Crippen LogP contribution in [0.15, 0.2) is 29.6 Å². The van der Waals surface area contributed by atoms with Crippen LogP contribution in [0.3, 0.4) is 0 Å². The topological polar surface area (TPSA) is 82.5 Å². The summed E-state index contributed by atoms with van der Waals surface area (Å²) >= 11 is 0.453. The van der Waals surface area contributed by atoms with Gasteiger partial charge >= 0.3 is 12.1 Å². The number of benzene rings is 1. The van der Waals surface area contributed by atoms with Crippen molar-refractivity contribution in [2.24, 2.45) is 0 Å². The third-order valence-electron chi connectivity index (χ3n) is 3.51. The highest BCUT2D eigenvalue weighted by atomic mass is 32.1. The van der Waals surface area contributed by atoms with Crippen molar-refractivity contribution in [3.05, 3.63) is 51.5 Å². The van der Waals surface area contributed by atoms with E-state index in [1.54, 1.807) is 12.1 Å². The van der Waals surface area contributed by atoms with E-state index in [2.05, 4.69) is 10.3 Å². The molecule has 2 aromatic rings. The molecule has 3 N–H and O–H groups in total. The number of carbonyl (C=O) groups is 1. The number of alkyl halides is 3. The number of rotatable bonds is 7. The maximum absolute atomic E-state index is 12.5. The Morgan fingerprint density at radius 2 is 1.96 bits per heavy atom. The fraction of sp³-hybridized carbons (Fsp3) is 0.375. The summed E-state index contributed by atoms with van der Waals surface area (Å²) in [6.07, 6.45) is -5.06. The molecule has 1 aromatic heterocycles. The average molecular weight is 374 g/mol. The summed E-state index contributed by atoms with van der Waals surface area (Å²) in [5.74, 6) is -0.998. The van der Waals surface area contributed by atoms with E-state index in [0.29, 0.717) is 17.8 Å². The summed E-state index contributed by atoms with van der Waals surface area (Å²) in [6, 6.07) is 6.36. The Kier molecular flexibility index (Phi) is 6.15. The lowest BCUT2D eigenvalue weighted by Crippen LogP contribution is -2.32. The molecule has 0 fully saturated rings. The summed E-state index contributed by atoms with van der Waals surface area (Å²) in [6.45, 7) is 1.93. The van der Waals surface area contributed by atoms with Crippen LogP contribution in [-0.2, 0) is 12.6 Å². The normalized spacial score (nSPS) is 14.3. The Morgan fingerprint density at radius 1 is 1.32 bits per heavy atom. The molecule has 25 heavy (non-hydrogen) atoms. The SMILES string of the molecule is CC(Cc1ccc(C(=O)O)cc1)NCC(O)c1csc(C(F)(F)F)n1. The Hall–Kier alpha value is -1.97. The minimum absolute atomic E-state index is 0.0113. The monoisotopic (exact) mass is 374 g/mol. The maximum Gasteiger partial charge on any atom is 0.443 e. The highest BCUT2D eigenvalue weighted by Gasteiger charge is 2.35. The van der Waals surface area contributed by atoms with Crippen LogP contribution < -0.4 is 5.32 Å². The highest BCUT2D eigenvalue weighted by Crippen LogP contribution is 2.32. The van der Waals surface area contributed by atoms with E-state index in [1.807, 2.05) is 6.92 Å². The molecule has 1 heterocycles. The number of thiazole rings is 1. The first-order valence-corrected chi connectivity index (χ1v) is 8.31. The fourth-order valence-electron chi connectivity index (χ4n) is 2.20. The van der Waals surface area contributed by atoms with Gasteiger partial charge in [-0.25, -0.2) is 9.78 Å². The Balaban J connectivity index is 1.85. The number of carboxylic acid groups (broad SMARTS) is 1. The Bertz CT molecular complexity index is 716. The van der Waals surface area contributed by atoms with Gasteiger partial charge in [-0.15, -0.1) is 11.3 Å². The lowest BCUT2D eigenvalue weighted by atomic mass is 10.0. The van der Waals surface area contributed by atoms with Crippen molar-refractivity contribution in [2.45, 2.75) is 31.7 Å². The van der Waals surface area contributed by atoms with Crippen LogP contribution in [0, 0.1) is 0 Å². The van der Waals surface area contributed by atoms with Crippen molar-refractivity contribution >= 4 is 17.3 Å². The zero-order valence-corrected chi connectivity index (χ0v) is 14.1. The van der Waals surface area contributed by atoms with Gasteiger partial charge in [-0.2, -0.15) is 13.2 Å². The number of aliphatic hydroxyl groups excluding tert-OH is 1. The standard InChI is InChI=1S/C16H17F3N2O3S/c1-9(6-10-2-4-11(5-3-10)14(23)24)20-7-13(22)12-8-25-15(21-12)16(17,18)19/h2-5,8-9,13,20,22H,6-7H2,1H3,(H,23,24). The Morgan fingerprint density at radius 3 is 2.48 bits per heavy atom. The molecule has 0 aliphatic carbocycles. The van der Waals surface area contributed by atoms with Gasteiger partial charge in [0.25, 0.3) is 0 Å². The van der Waals surface area contributed by atoms with Gasteiger partial charge in [0.1, 0.15) is 6.10 Å². The zero-order valence-electron chi connectivity index (χ0n) is 13.2. The van der Waals surface area contributed by atoms with Crippen LogP contribution >= 0.6 is 11.3 Å². The lowest BCUT2D eigenvalue weighted by molar-refractivity contribution is -0.137. The minimum Gasteiger partial charge on any atom is -0.478 e. The summed E-state index contributed by atoms with van der Waals surface area (Å²) in [5.41, 5.74) is 1.10. The first-order valence-electron chi connectivity index (χ1n) is 7.43. The molecule has 2 atom stereocenters. The average Bonchev–Trinajstić information content (AvgIpc) is 3.03. The van der Waals surface area contributed by atoms with Crippen molar-refractivity contribution in [2.75, 3.05) is 6.54 Å². The van der Waals surface area contributed by atoms with Gasteiger partial charge in [0.15, 0.2) is 5.01 Å². The third-order valence-corrected chi connectivity index (χ3v) is 4.41.